The van der Waals surface area contributed by atoms with Crippen molar-refractivity contribution in [2.75, 3.05) is 6.54 Å². The van der Waals surface area contributed by atoms with Gasteiger partial charge in [0.05, 0.1) is 6.54 Å². The van der Waals surface area contributed by atoms with Gasteiger partial charge in [-0.1, -0.05) is 30.3 Å². The second-order valence-corrected chi connectivity index (χ2v) is 3.50. The molecule has 0 fully saturated rings. The number of carbonyl (C=O) groups excluding carboxylic acids is 2. The number of hydrogen-bond donors (Lipinski definition) is 1. The van der Waals surface area contributed by atoms with Crippen molar-refractivity contribution in [3.8, 4) is 0 Å². The lowest BCUT2D eigenvalue weighted by Crippen LogP contribution is -2.41. The van der Waals surface area contributed by atoms with Gasteiger partial charge in [-0.2, -0.15) is 0 Å². The largest absolute Gasteiger partial charge is 0.444 e. The van der Waals surface area contributed by atoms with Gasteiger partial charge in [-0.3, -0.25) is 4.79 Å². The third-order valence-electron chi connectivity index (χ3n) is 2.27. The van der Waals surface area contributed by atoms with Gasteiger partial charge >= 0.3 is 6.09 Å². The molecule has 5 nitrogen and oxygen atoms in total. The minimum Gasteiger partial charge on any atom is -0.444 e. The molecule has 0 aromatic heterocycles. The van der Waals surface area contributed by atoms with Crippen molar-refractivity contribution in [1.29, 1.82) is 0 Å². The molecule has 0 bridgehead atoms. The first-order valence-corrected chi connectivity index (χ1v) is 5.20. The number of imide groups is 1. The molecule has 2 amide bonds. The number of ether oxygens (including phenoxy) is 1. The van der Waals surface area contributed by atoms with E-state index in [0.29, 0.717) is 0 Å². The fourth-order valence-corrected chi connectivity index (χ4v) is 1.39. The van der Waals surface area contributed by atoms with Crippen LogP contribution in [0.4, 0.5) is 4.79 Å². The average Bonchev–Trinajstić information content (AvgIpc) is 2.38. The highest BCUT2D eigenvalue weighted by atomic mass is 16.6. The van der Waals surface area contributed by atoms with E-state index in [1.165, 1.54) is 12.4 Å². The molecule has 0 saturated heterocycles. The Hall–Kier alpha value is -2.30. The van der Waals surface area contributed by atoms with Crippen molar-refractivity contribution >= 4 is 12.0 Å². The van der Waals surface area contributed by atoms with Gasteiger partial charge in [0.2, 0.25) is 0 Å². The van der Waals surface area contributed by atoms with Gasteiger partial charge in [0.15, 0.2) is 0 Å². The van der Waals surface area contributed by atoms with Crippen LogP contribution in [0.15, 0.2) is 42.7 Å². The summed E-state index contributed by atoms with van der Waals surface area (Å²) in [4.78, 5) is 23.9. The standard InChI is InChI=1S/C12H12N2O3/c15-11-8-13-6-7-14(11)12(16)17-9-10-4-2-1-3-5-10/h1-7,13H,8-9H2. The zero-order chi connectivity index (χ0) is 12.1. The summed E-state index contributed by atoms with van der Waals surface area (Å²) in [6, 6.07) is 9.30. The van der Waals surface area contributed by atoms with Crippen molar-refractivity contribution in [2.24, 2.45) is 0 Å². The van der Waals surface area contributed by atoms with E-state index in [4.69, 9.17) is 4.74 Å². The van der Waals surface area contributed by atoms with Crippen molar-refractivity contribution < 1.29 is 14.3 Å². The zero-order valence-electron chi connectivity index (χ0n) is 9.13. The number of hydrogen-bond acceptors (Lipinski definition) is 4. The highest BCUT2D eigenvalue weighted by Gasteiger charge is 2.22. The molecule has 1 aromatic rings. The molecule has 1 aliphatic heterocycles. The summed E-state index contributed by atoms with van der Waals surface area (Å²) in [5, 5.41) is 2.71. The first kappa shape index (κ1) is 11.2. The SMILES string of the molecule is O=C1CNC=CN1C(=O)OCc1ccccc1. The van der Waals surface area contributed by atoms with Crippen molar-refractivity contribution in [1.82, 2.24) is 10.2 Å². The van der Waals surface area contributed by atoms with Crippen LogP contribution in [-0.4, -0.2) is 23.4 Å². The summed E-state index contributed by atoms with van der Waals surface area (Å²) < 4.78 is 5.03. The van der Waals surface area contributed by atoms with Gasteiger partial charge in [-0.15, -0.1) is 0 Å². The lowest BCUT2D eigenvalue weighted by atomic mass is 10.2. The molecule has 88 valence electrons. The second kappa shape index (κ2) is 5.16. The summed E-state index contributed by atoms with van der Waals surface area (Å²) in [5.74, 6) is -0.328. The van der Waals surface area contributed by atoms with Gasteiger partial charge in [-0.25, -0.2) is 9.69 Å². The molecule has 0 aliphatic carbocycles. The van der Waals surface area contributed by atoms with Crippen LogP contribution in [0.1, 0.15) is 5.56 Å². The van der Waals surface area contributed by atoms with E-state index >= 15 is 0 Å². The topological polar surface area (TPSA) is 58.6 Å². The average molecular weight is 232 g/mol. The molecule has 1 heterocycles. The van der Waals surface area contributed by atoms with E-state index in [9.17, 15) is 9.59 Å². The molecular formula is C12H12N2O3. The molecule has 17 heavy (non-hydrogen) atoms. The Labute approximate surface area is 98.7 Å². The summed E-state index contributed by atoms with van der Waals surface area (Å²) in [5.41, 5.74) is 0.882. The normalized spacial score (nSPS) is 14.4. The maximum absolute atomic E-state index is 11.6. The van der Waals surface area contributed by atoms with E-state index in [1.807, 2.05) is 30.3 Å². The molecule has 0 atom stereocenters. The summed E-state index contributed by atoms with van der Waals surface area (Å²) in [6.45, 7) is 0.266. The van der Waals surface area contributed by atoms with Crippen LogP contribution in [0.5, 0.6) is 0 Å². The first-order chi connectivity index (χ1) is 8.27. The third kappa shape index (κ3) is 2.84. The van der Waals surface area contributed by atoms with E-state index in [2.05, 4.69) is 5.32 Å². The lowest BCUT2D eigenvalue weighted by Gasteiger charge is -2.19. The maximum Gasteiger partial charge on any atom is 0.421 e. The number of amides is 2. The maximum atomic E-state index is 11.6. The molecule has 0 saturated carbocycles. The zero-order valence-corrected chi connectivity index (χ0v) is 9.13. The molecule has 2 rings (SSSR count). The quantitative estimate of drug-likeness (QED) is 0.833. The van der Waals surface area contributed by atoms with Gasteiger partial charge in [0.1, 0.15) is 6.61 Å². The Morgan fingerprint density at radius 3 is 2.82 bits per heavy atom. The Balaban J connectivity index is 1.91. The third-order valence-corrected chi connectivity index (χ3v) is 2.27. The smallest absolute Gasteiger partial charge is 0.421 e. The van der Waals surface area contributed by atoms with E-state index in [1.54, 1.807) is 0 Å². The van der Waals surface area contributed by atoms with Crippen molar-refractivity contribution in [3.05, 3.63) is 48.3 Å². The first-order valence-electron chi connectivity index (χ1n) is 5.20. The molecule has 1 N–H and O–H groups in total. The molecule has 0 radical (unpaired) electrons. The van der Waals surface area contributed by atoms with E-state index in [-0.39, 0.29) is 19.1 Å². The number of nitrogens with zero attached hydrogens (tertiary/aromatic N) is 1. The molecule has 0 spiro atoms. The fraction of sp³-hybridized carbons (Fsp3) is 0.167. The Kier molecular flexibility index (Phi) is 3.40. The minimum absolute atomic E-state index is 0.108. The van der Waals surface area contributed by atoms with Crippen LogP contribution in [-0.2, 0) is 16.1 Å². The van der Waals surface area contributed by atoms with Crippen LogP contribution in [0.3, 0.4) is 0 Å². The molecule has 1 aromatic carbocycles. The highest BCUT2D eigenvalue weighted by molar-refractivity contribution is 5.94. The van der Waals surface area contributed by atoms with Crippen LogP contribution >= 0.6 is 0 Å². The Morgan fingerprint density at radius 2 is 2.12 bits per heavy atom. The molecule has 0 unspecified atom stereocenters. The molecule has 5 heteroatoms. The molecular weight excluding hydrogens is 220 g/mol. The van der Waals surface area contributed by atoms with Gasteiger partial charge in [0.25, 0.3) is 5.91 Å². The van der Waals surface area contributed by atoms with Crippen LogP contribution in [0.25, 0.3) is 0 Å². The Bertz CT molecular complexity index is 442. The monoisotopic (exact) mass is 232 g/mol. The summed E-state index contributed by atoms with van der Waals surface area (Å²) in [7, 11) is 0. The summed E-state index contributed by atoms with van der Waals surface area (Å²) >= 11 is 0. The lowest BCUT2D eigenvalue weighted by molar-refractivity contribution is -0.126. The van der Waals surface area contributed by atoms with Crippen molar-refractivity contribution in [3.63, 3.8) is 0 Å². The minimum atomic E-state index is -0.656. The number of rotatable bonds is 2. The van der Waals surface area contributed by atoms with E-state index in [0.717, 1.165) is 10.5 Å². The van der Waals surface area contributed by atoms with Crippen LogP contribution in [0, 0.1) is 0 Å². The van der Waals surface area contributed by atoms with Crippen molar-refractivity contribution in [2.45, 2.75) is 6.61 Å². The highest BCUT2D eigenvalue weighted by Crippen LogP contribution is 2.05. The predicted octanol–water partition coefficient (Wildman–Crippen LogP) is 1.23. The van der Waals surface area contributed by atoms with Crippen LogP contribution in [0.2, 0.25) is 0 Å². The molecule has 1 aliphatic rings. The predicted molar refractivity (Wildman–Crippen MR) is 60.6 cm³/mol. The number of benzene rings is 1. The van der Waals surface area contributed by atoms with Crippen LogP contribution < -0.4 is 5.32 Å². The Morgan fingerprint density at radius 1 is 1.35 bits per heavy atom. The fourth-order valence-electron chi connectivity index (χ4n) is 1.39. The summed E-state index contributed by atoms with van der Waals surface area (Å²) in [6.07, 6.45) is 2.24. The van der Waals surface area contributed by atoms with Gasteiger partial charge in [0, 0.05) is 12.4 Å². The van der Waals surface area contributed by atoms with E-state index < -0.39 is 6.09 Å². The number of nitrogens with one attached hydrogen (secondary N) is 1. The van der Waals surface area contributed by atoms with Gasteiger partial charge in [-0.05, 0) is 5.56 Å². The second-order valence-electron chi connectivity index (χ2n) is 3.50. The number of carbonyl (C=O) groups is 2. The van der Waals surface area contributed by atoms with Gasteiger partial charge < -0.3 is 10.1 Å².